The molecule has 150 valence electrons. The number of nitrogens with one attached hydrogen (secondary N) is 1. The van der Waals surface area contributed by atoms with Gasteiger partial charge < -0.3 is 19.6 Å². The summed E-state index contributed by atoms with van der Waals surface area (Å²) >= 11 is 0. The van der Waals surface area contributed by atoms with Crippen LogP contribution in [-0.4, -0.2) is 44.9 Å². The van der Waals surface area contributed by atoms with E-state index in [0.29, 0.717) is 13.0 Å². The van der Waals surface area contributed by atoms with E-state index in [0.717, 1.165) is 0 Å². The molecule has 0 aliphatic carbocycles. The summed E-state index contributed by atoms with van der Waals surface area (Å²) in [6, 6.07) is 20.8. The summed E-state index contributed by atoms with van der Waals surface area (Å²) in [6.07, 6.45) is -0.452. The van der Waals surface area contributed by atoms with Gasteiger partial charge in [-0.2, -0.15) is 0 Å². The second kappa shape index (κ2) is 8.47. The zero-order valence-corrected chi connectivity index (χ0v) is 17.7. The lowest BCUT2D eigenvalue weighted by Crippen LogP contribution is -2.68. The molecule has 0 aromatic heterocycles. The third kappa shape index (κ3) is 4.63. The fourth-order valence-electron chi connectivity index (χ4n) is 3.81. The molecule has 6 heteroatoms. The molecular formula is C22H29NO4Si. The third-order valence-electron chi connectivity index (χ3n) is 5.17. The molecule has 1 aliphatic heterocycles. The predicted octanol–water partition coefficient (Wildman–Crippen LogP) is 2.99. The molecule has 1 fully saturated rings. The van der Waals surface area contributed by atoms with E-state index in [1.807, 2.05) is 36.4 Å². The number of epoxide rings is 1. The maximum absolute atomic E-state index is 11.1. The summed E-state index contributed by atoms with van der Waals surface area (Å²) in [5, 5.41) is 13.9. The van der Waals surface area contributed by atoms with Gasteiger partial charge in [-0.1, -0.05) is 81.4 Å². The van der Waals surface area contributed by atoms with Gasteiger partial charge in [0.05, 0.1) is 18.8 Å². The Morgan fingerprint density at radius 3 is 2.04 bits per heavy atom. The number of ether oxygens (including phenoxy) is 1. The van der Waals surface area contributed by atoms with E-state index in [1.54, 1.807) is 0 Å². The molecular weight excluding hydrogens is 370 g/mol. The second-order valence-electron chi connectivity index (χ2n) is 8.28. The van der Waals surface area contributed by atoms with Gasteiger partial charge in [-0.25, -0.2) is 4.79 Å². The monoisotopic (exact) mass is 399 g/mol. The van der Waals surface area contributed by atoms with Gasteiger partial charge in [0.1, 0.15) is 0 Å². The fraction of sp³-hybridized carbons (Fsp3) is 0.409. The second-order valence-corrected chi connectivity index (χ2v) is 12.5. The van der Waals surface area contributed by atoms with Gasteiger partial charge in [-0.3, -0.25) is 0 Å². The predicted molar refractivity (Wildman–Crippen MR) is 113 cm³/mol. The molecule has 0 saturated carbocycles. The molecule has 0 radical (unpaired) electrons. The number of carbonyl (C=O) groups is 1. The minimum absolute atomic E-state index is 0.151. The normalized spacial score (nSPS) is 17.8. The van der Waals surface area contributed by atoms with Crippen LogP contribution in [0.25, 0.3) is 0 Å². The Balaban J connectivity index is 2.06. The molecule has 2 N–H and O–H groups in total. The molecule has 2 aromatic carbocycles. The Hall–Kier alpha value is -2.15. The fourth-order valence-corrected chi connectivity index (χ4v) is 8.51. The Kier molecular flexibility index (Phi) is 6.22. The SMILES string of the molecule is CC(C)(C)[Si](OC(CNC(=O)O)CC1CO1)(c1ccccc1)c1ccccc1. The van der Waals surface area contributed by atoms with E-state index >= 15 is 0 Å². The van der Waals surface area contributed by atoms with Crippen LogP contribution < -0.4 is 15.7 Å². The van der Waals surface area contributed by atoms with Crippen molar-refractivity contribution in [2.75, 3.05) is 13.2 Å². The minimum Gasteiger partial charge on any atom is -0.465 e. The van der Waals surface area contributed by atoms with Crippen molar-refractivity contribution < 1.29 is 19.1 Å². The largest absolute Gasteiger partial charge is 0.465 e. The molecule has 2 aromatic rings. The summed E-state index contributed by atoms with van der Waals surface area (Å²) in [6.45, 7) is 7.62. The van der Waals surface area contributed by atoms with Gasteiger partial charge in [0.2, 0.25) is 0 Å². The molecule has 2 atom stereocenters. The molecule has 3 rings (SSSR count). The molecule has 0 spiro atoms. The molecule has 1 amide bonds. The van der Waals surface area contributed by atoms with Crippen LogP contribution in [0.5, 0.6) is 0 Å². The van der Waals surface area contributed by atoms with Crippen LogP contribution >= 0.6 is 0 Å². The van der Waals surface area contributed by atoms with Gasteiger partial charge in [0, 0.05) is 13.0 Å². The van der Waals surface area contributed by atoms with Crippen LogP contribution in [-0.2, 0) is 9.16 Å². The van der Waals surface area contributed by atoms with Crippen molar-refractivity contribution in [3.8, 4) is 0 Å². The molecule has 0 bridgehead atoms. The summed E-state index contributed by atoms with van der Waals surface area (Å²) in [5.41, 5.74) is 0. The van der Waals surface area contributed by atoms with Gasteiger partial charge in [0.25, 0.3) is 8.32 Å². The number of hydrogen-bond acceptors (Lipinski definition) is 3. The highest BCUT2D eigenvalue weighted by atomic mass is 28.4. The van der Waals surface area contributed by atoms with Crippen molar-refractivity contribution in [1.82, 2.24) is 5.32 Å². The van der Waals surface area contributed by atoms with E-state index < -0.39 is 14.4 Å². The molecule has 1 aliphatic rings. The highest BCUT2D eigenvalue weighted by molar-refractivity contribution is 6.99. The highest BCUT2D eigenvalue weighted by Crippen LogP contribution is 2.38. The zero-order chi connectivity index (χ0) is 20.2. The molecule has 1 heterocycles. The Labute approximate surface area is 167 Å². The molecule has 2 unspecified atom stereocenters. The van der Waals surface area contributed by atoms with Crippen molar-refractivity contribution in [3.63, 3.8) is 0 Å². The first-order valence-electron chi connectivity index (χ1n) is 9.70. The maximum Gasteiger partial charge on any atom is 0.404 e. The van der Waals surface area contributed by atoms with E-state index in [2.05, 4.69) is 50.4 Å². The van der Waals surface area contributed by atoms with Crippen LogP contribution in [0.2, 0.25) is 5.04 Å². The third-order valence-corrected chi connectivity index (χ3v) is 10.3. The standard InChI is InChI=1S/C22H29NO4Si/c1-22(2,3)28(19-10-6-4-7-11-19,20-12-8-5-9-13-20)27-17(14-18-16-26-18)15-23-21(24)25/h4-13,17-18,23H,14-16H2,1-3H3,(H,24,25). The van der Waals surface area contributed by atoms with Crippen molar-refractivity contribution in [2.45, 2.75) is 44.4 Å². The number of benzene rings is 2. The average Bonchev–Trinajstić information content (AvgIpc) is 3.48. The maximum atomic E-state index is 11.1. The van der Waals surface area contributed by atoms with Crippen molar-refractivity contribution in [1.29, 1.82) is 0 Å². The first-order chi connectivity index (χ1) is 13.3. The lowest BCUT2D eigenvalue weighted by atomic mass is 10.2. The first-order valence-corrected chi connectivity index (χ1v) is 11.6. The lowest BCUT2D eigenvalue weighted by molar-refractivity contribution is 0.151. The Morgan fingerprint density at radius 2 is 1.64 bits per heavy atom. The van der Waals surface area contributed by atoms with E-state index in [9.17, 15) is 4.79 Å². The summed E-state index contributed by atoms with van der Waals surface area (Å²) < 4.78 is 12.4. The molecule has 1 saturated heterocycles. The topological polar surface area (TPSA) is 71.1 Å². The number of carboxylic acid groups (broad SMARTS) is 1. The van der Waals surface area contributed by atoms with E-state index in [-0.39, 0.29) is 23.8 Å². The minimum atomic E-state index is -2.71. The van der Waals surface area contributed by atoms with Gasteiger partial charge in [-0.15, -0.1) is 0 Å². The van der Waals surface area contributed by atoms with Crippen LogP contribution in [0, 0.1) is 0 Å². The summed E-state index contributed by atoms with van der Waals surface area (Å²) in [5.74, 6) is 0. The van der Waals surface area contributed by atoms with Crippen molar-refractivity contribution in [3.05, 3.63) is 60.7 Å². The Morgan fingerprint density at radius 1 is 1.14 bits per heavy atom. The molecule has 28 heavy (non-hydrogen) atoms. The quantitative estimate of drug-likeness (QED) is 0.529. The number of amides is 1. The lowest BCUT2D eigenvalue weighted by Gasteiger charge is -2.45. The highest BCUT2D eigenvalue weighted by Gasteiger charge is 2.51. The average molecular weight is 400 g/mol. The number of rotatable bonds is 8. The van der Waals surface area contributed by atoms with Gasteiger partial charge in [-0.05, 0) is 15.4 Å². The van der Waals surface area contributed by atoms with Crippen LogP contribution in [0.15, 0.2) is 60.7 Å². The van der Waals surface area contributed by atoms with Gasteiger partial charge in [0.15, 0.2) is 0 Å². The summed E-state index contributed by atoms with van der Waals surface area (Å²) in [4.78, 5) is 11.1. The number of hydrogen-bond donors (Lipinski definition) is 2. The van der Waals surface area contributed by atoms with Crippen molar-refractivity contribution >= 4 is 24.8 Å². The van der Waals surface area contributed by atoms with Crippen LogP contribution in [0.4, 0.5) is 4.79 Å². The van der Waals surface area contributed by atoms with Gasteiger partial charge >= 0.3 is 6.09 Å². The smallest absolute Gasteiger partial charge is 0.404 e. The first kappa shape index (κ1) is 20.6. The zero-order valence-electron chi connectivity index (χ0n) is 16.7. The van der Waals surface area contributed by atoms with Crippen LogP contribution in [0.1, 0.15) is 27.2 Å². The van der Waals surface area contributed by atoms with Crippen LogP contribution in [0.3, 0.4) is 0 Å². The molecule has 5 nitrogen and oxygen atoms in total. The van der Waals surface area contributed by atoms with E-state index in [1.165, 1.54) is 10.4 Å². The van der Waals surface area contributed by atoms with E-state index in [4.69, 9.17) is 14.3 Å². The van der Waals surface area contributed by atoms with Crippen molar-refractivity contribution in [2.24, 2.45) is 0 Å². The summed E-state index contributed by atoms with van der Waals surface area (Å²) in [7, 11) is -2.71. The Bertz CT molecular complexity index is 733.